The number of hydrogen-bond donors (Lipinski definition) is 1. The number of ether oxygens (including phenoxy) is 1. The average molecular weight is 370 g/mol. The van der Waals surface area contributed by atoms with Crippen LogP contribution in [-0.4, -0.2) is 18.1 Å². The first-order chi connectivity index (χ1) is 11.2. The number of carbonyl (C=O) groups is 1. The normalized spacial score (nSPS) is 10.5. The fraction of sp³-hybridized carbons (Fsp3) is 0.105. The average Bonchev–Trinajstić information content (AvgIpc) is 2.99. The van der Waals surface area contributed by atoms with Gasteiger partial charge in [0.2, 0.25) is 0 Å². The molecular formula is C19H16BrNO2. The van der Waals surface area contributed by atoms with E-state index in [1.165, 1.54) is 7.11 Å². The Labute approximate surface area is 143 Å². The van der Waals surface area contributed by atoms with Crippen molar-refractivity contribution in [2.75, 3.05) is 7.11 Å². The van der Waals surface area contributed by atoms with Crippen molar-refractivity contribution in [1.82, 2.24) is 4.98 Å². The zero-order valence-corrected chi connectivity index (χ0v) is 14.3. The fourth-order valence-electron chi connectivity index (χ4n) is 2.54. The van der Waals surface area contributed by atoms with Gasteiger partial charge in [-0.1, -0.05) is 58.4 Å². The van der Waals surface area contributed by atoms with Gasteiger partial charge in [0.15, 0.2) is 0 Å². The summed E-state index contributed by atoms with van der Waals surface area (Å²) in [7, 11) is 1.40. The SMILES string of the molecule is COC(=O)c1cc(-c2cccc(Br)c2)[nH]c1Cc1ccccc1. The number of rotatable bonds is 4. The Morgan fingerprint density at radius 2 is 1.87 bits per heavy atom. The van der Waals surface area contributed by atoms with Crippen molar-refractivity contribution in [3.05, 3.63) is 82.0 Å². The molecule has 0 radical (unpaired) electrons. The second kappa shape index (κ2) is 6.84. The largest absolute Gasteiger partial charge is 0.465 e. The van der Waals surface area contributed by atoms with E-state index in [0.29, 0.717) is 12.0 Å². The Bertz CT molecular complexity index is 824. The van der Waals surface area contributed by atoms with E-state index in [1.54, 1.807) is 0 Å². The molecule has 0 aliphatic carbocycles. The van der Waals surface area contributed by atoms with Gasteiger partial charge in [-0.3, -0.25) is 0 Å². The Morgan fingerprint density at radius 1 is 1.09 bits per heavy atom. The van der Waals surface area contributed by atoms with Crippen molar-refractivity contribution in [1.29, 1.82) is 0 Å². The molecule has 2 aromatic carbocycles. The summed E-state index contributed by atoms with van der Waals surface area (Å²) in [6, 6.07) is 19.9. The van der Waals surface area contributed by atoms with Crippen LogP contribution in [0.4, 0.5) is 0 Å². The lowest BCUT2D eigenvalue weighted by Crippen LogP contribution is -2.04. The molecule has 1 heterocycles. The predicted molar refractivity (Wildman–Crippen MR) is 94.5 cm³/mol. The summed E-state index contributed by atoms with van der Waals surface area (Å²) in [6.45, 7) is 0. The van der Waals surface area contributed by atoms with Crippen LogP contribution in [0.15, 0.2) is 65.1 Å². The quantitative estimate of drug-likeness (QED) is 0.669. The second-order valence-corrected chi connectivity index (χ2v) is 6.16. The molecular weight excluding hydrogens is 354 g/mol. The van der Waals surface area contributed by atoms with Gasteiger partial charge in [0.25, 0.3) is 0 Å². The summed E-state index contributed by atoms with van der Waals surface area (Å²) in [6.07, 6.45) is 0.652. The first-order valence-corrected chi connectivity index (χ1v) is 8.06. The van der Waals surface area contributed by atoms with Crippen LogP contribution in [0.3, 0.4) is 0 Å². The van der Waals surface area contributed by atoms with E-state index in [9.17, 15) is 4.79 Å². The standard InChI is InChI=1S/C19H16BrNO2/c1-23-19(22)16-12-17(14-8-5-9-15(20)11-14)21-18(16)10-13-6-3-2-4-7-13/h2-9,11-12,21H,10H2,1H3. The number of halogens is 1. The van der Waals surface area contributed by atoms with Crippen molar-refractivity contribution >= 4 is 21.9 Å². The number of hydrogen-bond acceptors (Lipinski definition) is 2. The number of aromatic nitrogens is 1. The van der Waals surface area contributed by atoms with E-state index in [-0.39, 0.29) is 5.97 Å². The zero-order valence-electron chi connectivity index (χ0n) is 12.7. The number of benzene rings is 2. The Morgan fingerprint density at radius 3 is 2.57 bits per heavy atom. The van der Waals surface area contributed by atoms with E-state index in [1.807, 2.05) is 60.7 Å². The summed E-state index contributed by atoms with van der Waals surface area (Å²) < 4.78 is 5.91. The number of aromatic amines is 1. The van der Waals surface area contributed by atoms with Gasteiger partial charge < -0.3 is 9.72 Å². The Kier molecular flexibility index (Phi) is 4.63. The third-order valence-electron chi connectivity index (χ3n) is 3.66. The van der Waals surface area contributed by atoms with Crippen molar-refractivity contribution in [3.8, 4) is 11.3 Å². The third-order valence-corrected chi connectivity index (χ3v) is 4.16. The van der Waals surface area contributed by atoms with Crippen LogP contribution in [0.5, 0.6) is 0 Å². The molecule has 0 aliphatic heterocycles. The summed E-state index contributed by atoms with van der Waals surface area (Å²) in [5.41, 5.74) is 4.49. The lowest BCUT2D eigenvalue weighted by atomic mass is 10.1. The number of nitrogens with one attached hydrogen (secondary N) is 1. The van der Waals surface area contributed by atoms with Crippen molar-refractivity contribution in [2.45, 2.75) is 6.42 Å². The van der Waals surface area contributed by atoms with Gasteiger partial charge in [-0.2, -0.15) is 0 Å². The Balaban J connectivity index is 2.02. The van der Waals surface area contributed by atoms with E-state index >= 15 is 0 Å². The molecule has 3 rings (SSSR count). The predicted octanol–water partition coefficient (Wildman–Crippen LogP) is 4.82. The van der Waals surface area contributed by atoms with Crippen LogP contribution < -0.4 is 0 Å². The summed E-state index contributed by atoms with van der Waals surface area (Å²) >= 11 is 3.48. The molecule has 0 bridgehead atoms. The summed E-state index contributed by atoms with van der Waals surface area (Å²) in [5.74, 6) is -0.326. The molecule has 0 aliphatic rings. The fourth-order valence-corrected chi connectivity index (χ4v) is 2.94. The minimum absolute atomic E-state index is 0.326. The topological polar surface area (TPSA) is 42.1 Å². The van der Waals surface area contributed by atoms with E-state index < -0.39 is 0 Å². The van der Waals surface area contributed by atoms with Crippen molar-refractivity contribution in [2.24, 2.45) is 0 Å². The highest BCUT2D eigenvalue weighted by atomic mass is 79.9. The smallest absolute Gasteiger partial charge is 0.339 e. The second-order valence-electron chi connectivity index (χ2n) is 5.24. The van der Waals surface area contributed by atoms with E-state index in [4.69, 9.17) is 4.74 Å². The molecule has 0 amide bonds. The van der Waals surface area contributed by atoms with Crippen LogP contribution >= 0.6 is 15.9 Å². The van der Waals surface area contributed by atoms with Crippen molar-refractivity contribution in [3.63, 3.8) is 0 Å². The van der Waals surface area contributed by atoms with Gasteiger partial charge in [0, 0.05) is 22.3 Å². The molecule has 4 heteroatoms. The van der Waals surface area contributed by atoms with E-state index in [2.05, 4.69) is 20.9 Å². The lowest BCUT2D eigenvalue weighted by molar-refractivity contribution is 0.0600. The highest BCUT2D eigenvalue weighted by Gasteiger charge is 2.17. The van der Waals surface area contributed by atoms with Gasteiger partial charge in [0.1, 0.15) is 0 Å². The van der Waals surface area contributed by atoms with Crippen LogP contribution in [-0.2, 0) is 11.2 Å². The maximum absolute atomic E-state index is 12.1. The van der Waals surface area contributed by atoms with Crippen LogP contribution in [0.1, 0.15) is 21.6 Å². The summed E-state index contributed by atoms with van der Waals surface area (Å²) in [4.78, 5) is 15.5. The zero-order chi connectivity index (χ0) is 16.2. The molecule has 0 saturated carbocycles. The van der Waals surface area contributed by atoms with Gasteiger partial charge in [-0.05, 0) is 29.3 Å². The molecule has 1 N–H and O–H groups in total. The van der Waals surface area contributed by atoms with E-state index in [0.717, 1.165) is 27.0 Å². The number of esters is 1. The molecule has 116 valence electrons. The van der Waals surface area contributed by atoms with Crippen LogP contribution in [0, 0.1) is 0 Å². The Hall–Kier alpha value is -2.33. The minimum Gasteiger partial charge on any atom is -0.465 e. The van der Waals surface area contributed by atoms with Gasteiger partial charge >= 0.3 is 5.97 Å². The molecule has 23 heavy (non-hydrogen) atoms. The first-order valence-electron chi connectivity index (χ1n) is 7.27. The lowest BCUT2D eigenvalue weighted by Gasteiger charge is -2.03. The maximum Gasteiger partial charge on any atom is 0.339 e. The molecule has 0 fully saturated rings. The third kappa shape index (κ3) is 3.54. The monoisotopic (exact) mass is 369 g/mol. The molecule has 0 spiro atoms. The number of carbonyl (C=O) groups excluding carboxylic acids is 1. The highest BCUT2D eigenvalue weighted by molar-refractivity contribution is 9.10. The molecule has 1 aromatic heterocycles. The number of H-pyrrole nitrogens is 1. The van der Waals surface area contributed by atoms with Crippen molar-refractivity contribution < 1.29 is 9.53 Å². The van der Waals surface area contributed by atoms with Gasteiger partial charge in [-0.15, -0.1) is 0 Å². The molecule has 3 nitrogen and oxygen atoms in total. The molecule has 0 saturated heterocycles. The van der Waals surface area contributed by atoms with Gasteiger partial charge in [0.05, 0.1) is 12.7 Å². The van der Waals surface area contributed by atoms with Crippen LogP contribution in [0.25, 0.3) is 11.3 Å². The first kappa shape index (κ1) is 15.6. The van der Waals surface area contributed by atoms with Crippen LogP contribution in [0.2, 0.25) is 0 Å². The van der Waals surface area contributed by atoms with Gasteiger partial charge in [-0.25, -0.2) is 4.79 Å². The number of methoxy groups -OCH3 is 1. The maximum atomic E-state index is 12.1. The summed E-state index contributed by atoms with van der Waals surface area (Å²) in [5, 5.41) is 0. The highest BCUT2D eigenvalue weighted by Crippen LogP contribution is 2.26. The molecule has 3 aromatic rings. The molecule has 0 unspecified atom stereocenters. The molecule has 0 atom stereocenters. The minimum atomic E-state index is -0.326.